The fourth-order valence-electron chi connectivity index (χ4n) is 3.58. The molecular formula is C22H24FN3O4S. The quantitative estimate of drug-likeness (QED) is 0.579. The summed E-state index contributed by atoms with van der Waals surface area (Å²) in [5.74, 6) is -1.47. The Morgan fingerprint density at radius 3 is 2.58 bits per heavy atom. The molecule has 1 heterocycles. The third kappa shape index (κ3) is 4.47. The lowest BCUT2D eigenvalue weighted by Crippen LogP contribution is -2.24. The molecule has 9 heteroatoms. The molecular weight excluding hydrogens is 421 g/mol. The molecule has 0 aliphatic carbocycles. The number of fused-ring (bicyclic) bond motifs is 1. The lowest BCUT2D eigenvalue weighted by atomic mass is 10.0. The number of sulfonamides is 1. The van der Waals surface area contributed by atoms with Crippen molar-refractivity contribution in [2.24, 2.45) is 5.73 Å². The van der Waals surface area contributed by atoms with Crippen LogP contribution in [0.4, 0.5) is 10.1 Å². The molecule has 0 atom stereocenters. The molecule has 0 fully saturated rings. The second kappa shape index (κ2) is 8.52. The molecule has 0 spiro atoms. The smallest absolute Gasteiger partial charge is 0.335 e. The number of rotatable bonds is 7. The minimum Gasteiger partial charge on any atom is -0.478 e. The summed E-state index contributed by atoms with van der Waals surface area (Å²) in [4.78, 5) is 11.5. The van der Waals surface area contributed by atoms with E-state index in [-0.39, 0.29) is 18.7 Å². The molecule has 1 aromatic heterocycles. The summed E-state index contributed by atoms with van der Waals surface area (Å²) in [6.45, 7) is 1.84. The number of hydrogen-bond donors (Lipinski definition) is 2. The highest BCUT2D eigenvalue weighted by Crippen LogP contribution is 2.37. The Kier molecular flexibility index (Phi) is 6.19. The largest absolute Gasteiger partial charge is 0.478 e. The van der Waals surface area contributed by atoms with E-state index in [1.807, 2.05) is 13.0 Å². The van der Waals surface area contributed by atoms with Crippen molar-refractivity contribution in [1.29, 1.82) is 0 Å². The number of halogens is 1. The van der Waals surface area contributed by atoms with Gasteiger partial charge in [0, 0.05) is 35.8 Å². The number of aromatic nitrogens is 1. The Balaban J connectivity index is 2.29. The summed E-state index contributed by atoms with van der Waals surface area (Å²) in [6, 6.07) is 11.6. The average molecular weight is 446 g/mol. The summed E-state index contributed by atoms with van der Waals surface area (Å²) in [5.41, 5.74) is 8.78. The van der Waals surface area contributed by atoms with Crippen LogP contribution in [0.1, 0.15) is 16.1 Å². The second-order valence-electron chi connectivity index (χ2n) is 7.25. The summed E-state index contributed by atoms with van der Waals surface area (Å²) in [5, 5.41) is 10.1. The van der Waals surface area contributed by atoms with Crippen LogP contribution >= 0.6 is 0 Å². The second-order valence-corrected chi connectivity index (χ2v) is 9.26. The van der Waals surface area contributed by atoms with Gasteiger partial charge in [-0.2, -0.15) is 0 Å². The van der Waals surface area contributed by atoms with Crippen LogP contribution in [0.2, 0.25) is 0 Å². The van der Waals surface area contributed by atoms with E-state index in [1.54, 1.807) is 34.9 Å². The van der Waals surface area contributed by atoms with Gasteiger partial charge in [-0.05, 0) is 48.9 Å². The van der Waals surface area contributed by atoms with Crippen molar-refractivity contribution in [2.75, 3.05) is 24.2 Å². The predicted molar refractivity (Wildman–Crippen MR) is 121 cm³/mol. The minimum absolute atomic E-state index is 0.0467. The lowest BCUT2D eigenvalue weighted by Gasteiger charge is -2.17. The van der Waals surface area contributed by atoms with Gasteiger partial charge in [0.15, 0.2) is 0 Å². The van der Waals surface area contributed by atoms with E-state index in [0.717, 1.165) is 16.3 Å². The molecule has 0 amide bonds. The van der Waals surface area contributed by atoms with Crippen LogP contribution in [0.5, 0.6) is 0 Å². The van der Waals surface area contributed by atoms with E-state index in [2.05, 4.69) is 0 Å². The molecule has 7 nitrogen and oxygen atoms in total. The first kappa shape index (κ1) is 22.5. The normalized spacial score (nSPS) is 12.4. The maximum atomic E-state index is 14.3. The molecule has 0 aliphatic rings. The maximum absolute atomic E-state index is 14.3. The van der Waals surface area contributed by atoms with Crippen molar-refractivity contribution in [1.82, 2.24) is 4.57 Å². The number of allylic oxidation sites excluding steroid dienone is 1. The van der Waals surface area contributed by atoms with E-state index < -0.39 is 21.8 Å². The Morgan fingerprint density at radius 1 is 1.26 bits per heavy atom. The van der Waals surface area contributed by atoms with Crippen molar-refractivity contribution in [3.8, 4) is 11.1 Å². The third-order valence-corrected chi connectivity index (χ3v) is 6.42. The fraction of sp³-hybridized carbons (Fsp3) is 0.227. The van der Waals surface area contributed by atoms with Gasteiger partial charge in [-0.1, -0.05) is 12.1 Å². The van der Waals surface area contributed by atoms with E-state index in [9.17, 15) is 22.7 Å². The molecule has 0 aliphatic heterocycles. The van der Waals surface area contributed by atoms with Crippen molar-refractivity contribution < 1.29 is 22.7 Å². The van der Waals surface area contributed by atoms with Crippen LogP contribution in [0.15, 0.2) is 54.4 Å². The molecule has 164 valence electrons. The van der Waals surface area contributed by atoms with Gasteiger partial charge in [-0.15, -0.1) is 0 Å². The Bertz CT molecular complexity index is 1300. The monoisotopic (exact) mass is 445 g/mol. The van der Waals surface area contributed by atoms with Crippen LogP contribution < -0.4 is 10.0 Å². The van der Waals surface area contributed by atoms with Crippen LogP contribution in [-0.2, 0) is 16.6 Å². The number of nitrogens with zero attached hydrogens (tertiary/aromatic N) is 2. The molecule has 0 bridgehead atoms. The van der Waals surface area contributed by atoms with E-state index in [4.69, 9.17) is 5.73 Å². The number of benzene rings is 2. The molecule has 3 N–H and O–H groups in total. The summed E-state index contributed by atoms with van der Waals surface area (Å²) in [7, 11) is -2.00. The number of anilines is 1. The number of carbonyl (C=O) groups is 1. The zero-order chi connectivity index (χ0) is 22.9. The number of aromatic carboxylic acids is 1. The average Bonchev–Trinajstić information content (AvgIpc) is 2.97. The van der Waals surface area contributed by atoms with Crippen LogP contribution in [0, 0.1) is 6.92 Å². The minimum atomic E-state index is -3.46. The standard InChI is InChI=1S/C22H24FN3O4S/c1-14-21(15-5-4-6-18(11-15)25(2)31(3,29)30)19-12-16(22(27)28)7-8-20(19)26(14)13-17(23)9-10-24/h4-9,11-12H,10,13,24H2,1-3H3,(H,27,28). The number of hydrogen-bond acceptors (Lipinski definition) is 4. The Labute approximate surface area is 180 Å². The van der Waals surface area contributed by atoms with Crippen LogP contribution in [0.25, 0.3) is 22.0 Å². The highest BCUT2D eigenvalue weighted by molar-refractivity contribution is 7.92. The fourth-order valence-corrected chi connectivity index (χ4v) is 4.07. The first-order valence-corrected chi connectivity index (χ1v) is 11.3. The van der Waals surface area contributed by atoms with Gasteiger partial charge in [0.05, 0.1) is 24.1 Å². The molecule has 31 heavy (non-hydrogen) atoms. The first-order chi connectivity index (χ1) is 14.5. The van der Waals surface area contributed by atoms with Crippen molar-refractivity contribution in [3.05, 3.63) is 65.6 Å². The van der Waals surface area contributed by atoms with Gasteiger partial charge in [0.2, 0.25) is 10.0 Å². The topological polar surface area (TPSA) is 106 Å². The molecule has 3 aromatic rings. The van der Waals surface area contributed by atoms with Gasteiger partial charge in [-0.25, -0.2) is 17.6 Å². The number of carboxylic acids is 1. The number of carboxylic acid groups (broad SMARTS) is 1. The zero-order valence-electron chi connectivity index (χ0n) is 17.5. The molecule has 0 saturated heterocycles. The van der Waals surface area contributed by atoms with Gasteiger partial charge < -0.3 is 15.4 Å². The van der Waals surface area contributed by atoms with Gasteiger partial charge in [-0.3, -0.25) is 4.31 Å². The molecule has 0 saturated carbocycles. The van der Waals surface area contributed by atoms with E-state index in [0.29, 0.717) is 27.7 Å². The summed E-state index contributed by atoms with van der Waals surface area (Å²) in [6.07, 6.45) is 2.40. The van der Waals surface area contributed by atoms with E-state index >= 15 is 0 Å². The van der Waals surface area contributed by atoms with Gasteiger partial charge in [0.1, 0.15) is 5.83 Å². The highest BCUT2D eigenvalue weighted by atomic mass is 32.2. The summed E-state index contributed by atoms with van der Waals surface area (Å²) < 4.78 is 41.2. The van der Waals surface area contributed by atoms with Crippen molar-refractivity contribution in [3.63, 3.8) is 0 Å². The van der Waals surface area contributed by atoms with E-state index in [1.165, 1.54) is 19.2 Å². The predicted octanol–water partition coefficient (Wildman–Crippen LogP) is 3.52. The molecule has 0 unspecified atom stereocenters. The van der Waals surface area contributed by atoms with Gasteiger partial charge in [0.25, 0.3) is 0 Å². The lowest BCUT2D eigenvalue weighted by molar-refractivity contribution is 0.0697. The maximum Gasteiger partial charge on any atom is 0.335 e. The molecule has 3 rings (SSSR count). The van der Waals surface area contributed by atoms with Gasteiger partial charge >= 0.3 is 5.97 Å². The van der Waals surface area contributed by atoms with Crippen LogP contribution in [0.3, 0.4) is 0 Å². The summed E-state index contributed by atoms with van der Waals surface area (Å²) >= 11 is 0. The molecule has 0 radical (unpaired) electrons. The van der Waals surface area contributed by atoms with Crippen molar-refractivity contribution >= 4 is 32.6 Å². The SMILES string of the molecule is Cc1c(-c2cccc(N(C)S(C)(=O)=O)c2)c2cc(C(=O)O)ccc2n1CC(F)=CCN. The Hall–Kier alpha value is -3.17. The zero-order valence-corrected chi connectivity index (χ0v) is 18.3. The molecule has 2 aromatic carbocycles. The van der Waals surface area contributed by atoms with Crippen molar-refractivity contribution in [2.45, 2.75) is 13.5 Å². The third-order valence-electron chi connectivity index (χ3n) is 5.21. The van der Waals surface area contributed by atoms with Crippen LogP contribution in [-0.4, -0.2) is 43.9 Å². The first-order valence-electron chi connectivity index (χ1n) is 9.49. The number of nitrogens with two attached hydrogens (primary N) is 1. The Morgan fingerprint density at radius 2 is 1.97 bits per heavy atom. The highest BCUT2D eigenvalue weighted by Gasteiger charge is 2.20.